The van der Waals surface area contributed by atoms with Crippen molar-refractivity contribution in [2.24, 2.45) is 0 Å². The molecule has 7 heteroatoms. The molecule has 110 valence electrons. The number of carboxylic acids is 1. The number of carbonyl (C=O) groups excluding carboxylic acids is 1. The Kier molecular flexibility index (Phi) is 4.99. The molecular weight excluding hydrogens is 300 g/mol. The smallest absolute Gasteiger partial charge is 0.305 e. The van der Waals surface area contributed by atoms with Crippen LogP contribution in [0.4, 0.5) is 0 Å². The highest BCUT2D eigenvalue weighted by atomic mass is 35.5. The number of aryl methyl sites for hydroxylation is 1. The Morgan fingerprint density at radius 3 is 2.95 bits per heavy atom. The van der Waals surface area contributed by atoms with Crippen molar-refractivity contribution in [3.05, 3.63) is 23.0 Å². The fourth-order valence-corrected chi connectivity index (χ4v) is 3.64. The van der Waals surface area contributed by atoms with E-state index >= 15 is 0 Å². The van der Waals surface area contributed by atoms with Gasteiger partial charge in [-0.1, -0.05) is 11.6 Å². The van der Waals surface area contributed by atoms with Crippen LogP contribution in [0.2, 0.25) is 5.02 Å². The van der Waals surface area contributed by atoms with E-state index in [-0.39, 0.29) is 18.4 Å². The highest BCUT2D eigenvalue weighted by Gasteiger charge is 2.30. The van der Waals surface area contributed by atoms with Gasteiger partial charge in [0.25, 0.3) is 5.91 Å². The summed E-state index contributed by atoms with van der Waals surface area (Å²) in [6.07, 6.45) is 1.71. The lowest BCUT2D eigenvalue weighted by atomic mass is 10.2. The molecule has 1 atom stereocenters. The molecule has 1 unspecified atom stereocenters. The molecule has 5 nitrogen and oxygen atoms in total. The van der Waals surface area contributed by atoms with Crippen LogP contribution in [0.1, 0.15) is 23.8 Å². The number of carboxylic acid groups (broad SMARTS) is 1. The fourth-order valence-electron chi connectivity index (χ4n) is 2.36. The molecule has 1 aromatic heterocycles. The number of aromatic nitrogens is 1. The molecule has 0 aliphatic carbocycles. The minimum absolute atomic E-state index is 0.0146. The zero-order valence-electron chi connectivity index (χ0n) is 11.2. The van der Waals surface area contributed by atoms with Crippen LogP contribution in [0.15, 0.2) is 12.3 Å². The van der Waals surface area contributed by atoms with Gasteiger partial charge in [-0.2, -0.15) is 11.8 Å². The van der Waals surface area contributed by atoms with Gasteiger partial charge >= 0.3 is 5.97 Å². The molecule has 0 spiro atoms. The highest BCUT2D eigenvalue weighted by Crippen LogP contribution is 2.23. The van der Waals surface area contributed by atoms with Crippen molar-refractivity contribution in [3.8, 4) is 0 Å². The van der Waals surface area contributed by atoms with E-state index in [1.54, 1.807) is 33.5 Å². The molecule has 0 bridgehead atoms. The number of hydrogen-bond donors (Lipinski definition) is 1. The van der Waals surface area contributed by atoms with Crippen molar-refractivity contribution in [3.63, 3.8) is 0 Å². The van der Waals surface area contributed by atoms with Gasteiger partial charge in [0.2, 0.25) is 0 Å². The summed E-state index contributed by atoms with van der Waals surface area (Å²) in [5.74, 6) is 0.491. The van der Waals surface area contributed by atoms with Gasteiger partial charge < -0.3 is 14.6 Å². The Bertz CT molecular complexity index is 518. The summed E-state index contributed by atoms with van der Waals surface area (Å²) in [7, 11) is 0. The Morgan fingerprint density at radius 1 is 1.55 bits per heavy atom. The third-order valence-electron chi connectivity index (χ3n) is 3.32. The Balaban J connectivity index is 2.22. The maximum atomic E-state index is 12.6. The third-order valence-corrected chi connectivity index (χ3v) is 4.62. The minimum atomic E-state index is -0.876. The van der Waals surface area contributed by atoms with E-state index in [0.717, 1.165) is 5.75 Å². The average Bonchev–Trinajstić information content (AvgIpc) is 2.79. The molecule has 20 heavy (non-hydrogen) atoms. The summed E-state index contributed by atoms with van der Waals surface area (Å²) in [6, 6.07) is 1.39. The van der Waals surface area contributed by atoms with Crippen molar-refractivity contribution < 1.29 is 14.7 Å². The SMILES string of the molecule is CCn1cc(Cl)cc1C(=O)N1CCSCC1CC(=O)O. The predicted molar refractivity (Wildman–Crippen MR) is 79.5 cm³/mol. The first-order valence-corrected chi connectivity index (χ1v) is 8.02. The first-order chi connectivity index (χ1) is 9.52. The summed E-state index contributed by atoms with van der Waals surface area (Å²) in [6.45, 7) is 3.17. The van der Waals surface area contributed by atoms with E-state index < -0.39 is 5.97 Å². The van der Waals surface area contributed by atoms with Gasteiger partial charge in [-0.15, -0.1) is 0 Å². The number of halogens is 1. The molecule has 2 heterocycles. The summed E-state index contributed by atoms with van der Waals surface area (Å²) < 4.78 is 1.80. The monoisotopic (exact) mass is 316 g/mol. The topological polar surface area (TPSA) is 62.5 Å². The van der Waals surface area contributed by atoms with Gasteiger partial charge in [-0.25, -0.2) is 0 Å². The minimum Gasteiger partial charge on any atom is -0.481 e. The Labute approximate surface area is 126 Å². The summed E-state index contributed by atoms with van der Waals surface area (Å²) in [5, 5.41) is 9.49. The second-order valence-electron chi connectivity index (χ2n) is 4.65. The number of carbonyl (C=O) groups is 2. The van der Waals surface area contributed by atoms with E-state index in [2.05, 4.69) is 0 Å². The van der Waals surface area contributed by atoms with Crippen LogP contribution in [0.5, 0.6) is 0 Å². The van der Waals surface area contributed by atoms with Crippen LogP contribution in [-0.2, 0) is 11.3 Å². The Morgan fingerprint density at radius 2 is 2.30 bits per heavy atom. The van der Waals surface area contributed by atoms with E-state index in [9.17, 15) is 9.59 Å². The van der Waals surface area contributed by atoms with Crippen LogP contribution in [0.3, 0.4) is 0 Å². The second-order valence-corrected chi connectivity index (χ2v) is 6.24. The van der Waals surface area contributed by atoms with Gasteiger partial charge in [0.1, 0.15) is 5.69 Å². The summed E-state index contributed by atoms with van der Waals surface area (Å²) in [5.41, 5.74) is 0.528. The van der Waals surface area contributed by atoms with Crippen molar-refractivity contribution in [2.75, 3.05) is 18.1 Å². The first kappa shape index (κ1) is 15.3. The molecule has 2 rings (SSSR count). The molecule has 1 fully saturated rings. The normalized spacial score (nSPS) is 19.1. The average molecular weight is 317 g/mol. The molecule has 1 aliphatic rings. The first-order valence-electron chi connectivity index (χ1n) is 6.49. The quantitative estimate of drug-likeness (QED) is 0.925. The zero-order valence-corrected chi connectivity index (χ0v) is 12.8. The molecular formula is C13H17ClN2O3S. The fraction of sp³-hybridized carbons (Fsp3) is 0.538. The lowest BCUT2D eigenvalue weighted by Gasteiger charge is -2.34. The number of aliphatic carboxylic acids is 1. The maximum Gasteiger partial charge on any atom is 0.305 e. The number of amides is 1. The molecule has 1 amide bonds. The molecule has 1 N–H and O–H groups in total. The molecule has 1 saturated heterocycles. The van der Waals surface area contributed by atoms with Gasteiger partial charge in [-0.3, -0.25) is 9.59 Å². The van der Waals surface area contributed by atoms with Crippen molar-refractivity contribution in [1.82, 2.24) is 9.47 Å². The van der Waals surface area contributed by atoms with Crippen LogP contribution >= 0.6 is 23.4 Å². The summed E-state index contributed by atoms with van der Waals surface area (Å²) >= 11 is 7.64. The summed E-state index contributed by atoms with van der Waals surface area (Å²) in [4.78, 5) is 25.2. The van der Waals surface area contributed by atoms with Crippen LogP contribution in [-0.4, -0.2) is 50.5 Å². The molecule has 1 aromatic rings. The van der Waals surface area contributed by atoms with Crippen LogP contribution < -0.4 is 0 Å². The standard InChI is InChI=1S/C13H17ClN2O3S/c1-2-15-7-9(14)5-11(15)13(19)16-3-4-20-8-10(16)6-12(17)18/h5,7,10H,2-4,6,8H2,1H3,(H,17,18). The van der Waals surface area contributed by atoms with Gasteiger partial charge in [0.05, 0.1) is 17.5 Å². The van der Waals surface area contributed by atoms with Crippen molar-refractivity contribution in [1.29, 1.82) is 0 Å². The lowest BCUT2D eigenvalue weighted by Crippen LogP contribution is -2.47. The van der Waals surface area contributed by atoms with Crippen LogP contribution in [0.25, 0.3) is 0 Å². The third kappa shape index (κ3) is 3.30. The van der Waals surface area contributed by atoms with Gasteiger partial charge in [-0.05, 0) is 13.0 Å². The molecule has 0 aromatic carbocycles. The van der Waals surface area contributed by atoms with E-state index in [0.29, 0.717) is 29.6 Å². The lowest BCUT2D eigenvalue weighted by molar-refractivity contribution is -0.138. The molecule has 0 radical (unpaired) electrons. The largest absolute Gasteiger partial charge is 0.481 e. The van der Waals surface area contributed by atoms with E-state index in [4.69, 9.17) is 16.7 Å². The van der Waals surface area contributed by atoms with Gasteiger partial charge in [0, 0.05) is 30.8 Å². The van der Waals surface area contributed by atoms with Crippen LogP contribution in [0, 0.1) is 0 Å². The number of nitrogens with zero attached hydrogens (tertiary/aromatic N) is 2. The van der Waals surface area contributed by atoms with Gasteiger partial charge in [0.15, 0.2) is 0 Å². The number of thioether (sulfide) groups is 1. The zero-order chi connectivity index (χ0) is 14.7. The maximum absolute atomic E-state index is 12.6. The highest BCUT2D eigenvalue weighted by molar-refractivity contribution is 7.99. The number of rotatable bonds is 4. The van der Waals surface area contributed by atoms with E-state index in [1.807, 2.05) is 6.92 Å². The molecule has 1 aliphatic heterocycles. The van der Waals surface area contributed by atoms with Crippen molar-refractivity contribution in [2.45, 2.75) is 25.9 Å². The van der Waals surface area contributed by atoms with Crippen molar-refractivity contribution >= 4 is 35.2 Å². The Hall–Kier alpha value is -1.14. The van der Waals surface area contributed by atoms with E-state index in [1.165, 1.54) is 0 Å². The number of hydrogen-bond acceptors (Lipinski definition) is 3. The molecule has 0 saturated carbocycles. The predicted octanol–water partition coefficient (Wildman–Crippen LogP) is 2.19. The second kappa shape index (κ2) is 6.54.